The Hall–Kier alpha value is -1.39. The number of rotatable bonds is 2. The zero-order chi connectivity index (χ0) is 13.4. The van der Waals surface area contributed by atoms with E-state index in [0.717, 1.165) is 23.3 Å². The predicted molar refractivity (Wildman–Crippen MR) is 75.8 cm³/mol. The monoisotopic (exact) mass is 321 g/mol. The van der Waals surface area contributed by atoms with Gasteiger partial charge in [0.15, 0.2) is 0 Å². The minimum atomic E-state index is -0.485. The Bertz CT molecular complexity index is 609. The molecule has 1 aliphatic rings. The molecule has 0 saturated carbocycles. The summed E-state index contributed by atoms with van der Waals surface area (Å²) in [6.45, 7) is 0.706. The Labute approximate surface area is 119 Å². The van der Waals surface area contributed by atoms with E-state index in [1.807, 2.05) is 18.2 Å². The van der Waals surface area contributed by atoms with E-state index in [1.54, 1.807) is 12.1 Å². The molecule has 19 heavy (non-hydrogen) atoms. The Morgan fingerprint density at radius 2 is 2.11 bits per heavy atom. The molecular formula is C15H13BrFNO. The van der Waals surface area contributed by atoms with Gasteiger partial charge in [-0.15, -0.1) is 0 Å². The first-order valence-electron chi connectivity index (χ1n) is 6.12. The van der Waals surface area contributed by atoms with Gasteiger partial charge in [0, 0.05) is 16.5 Å². The lowest BCUT2D eigenvalue weighted by Crippen LogP contribution is -2.14. The molecule has 2 nitrogen and oxygen atoms in total. The second-order valence-corrected chi connectivity index (χ2v) is 5.43. The smallest absolute Gasteiger partial charge is 0.129 e. The molecule has 3 rings (SSSR count). The summed E-state index contributed by atoms with van der Waals surface area (Å²) in [7, 11) is 0. The van der Waals surface area contributed by atoms with Crippen molar-refractivity contribution in [2.45, 2.75) is 12.5 Å². The highest BCUT2D eigenvalue weighted by Gasteiger charge is 2.19. The third-order valence-corrected chi connectivity index (χ3v) is 4.07. The summed E-state index contributed by atoms with van der Waals surface area (Å²) < 4.78 is 20.1. The lowest BCUT2D eigenvalue weighted by molar-refractivity contribution is 0.357. The van der Waals surface area contributed by atoms with E-state index >= 15 is 0 Å². The van der Waals surface area contributed by atoms with E-state index < -0.39 is 6.04 Å². The van der Waals surface area contributed by atoms with Crippen molar-refractivity contribution in [2.75, 3.05) is 6.61 Å². The van der Waals surface area contributed by atoms with Crippen molar-refractivity contribution in [1.82, 2.24) is 0 Å². The van der Waals surface area contributed by atoms with Gasteiger partial charge in [-0.2, -0.15) is 0 Å². The van der Waals surface area contributed by atoms with Crippen molar-refractivity contribution in [3.8, 4) is 5.75 Å². The van der Waals surface area contributed by atoms with Gasteiger partial charge in [-0.3, -0.25) is 0 Å². The summed E-state index contributed by atoms with van der Waals surface area (Å²) in [5, 5.41) is 0. The first kappa shape index (κ1) is 12.6. The molecule has 0 bridgehead atoms. The van der Waals surface area contributed by atoms with Crippen LogP contribution in [0.1, 0.15) is 22.7 Å². The molecule has 2 aromatic rings. The third kappa shape index (κ3) is 2.26. The molecule has 2 aromatic carbocycles. The lowest BCUT2D eigenvalue weighted by Gasteiger charge is -2.16. The number of fused-ring (bicyclic) bond motifs is 1. The molecular weight excluding hydrogens is 309 g/mol. The van der Waals surface area contributed by atoms with Crippen LogP contribution >= 0.6 is 15.9 Å². The summed E-state index contributed by atoms with van der Waals surface area (Å²) in [6, 6.07) is 10.2. The number of halogens is 2. The molecule has 98 valence electrons. The summed E-state index contributed by atoms with van der Waals surface area (Å²) >= 11 is 3.36. The van der Waals surface area contributed by atoms with Crippen LogP contribution in [0.2, 0.25) is 0 Å². The van der Waals surface area contributed by atoms with Crippen LogP contribution in [0.4, 0.5) is 4.39 Å². The molecule has 0 amide bonds. The SMILES string of the molecule is NC(c1ccc2c(c1)CCO2)c1c(F)cccc1Br. The molecule has 4 heteroatoms. The first-order chi connectivity index (χ1) is 9.16. The van der Waals surface area contributed by atoms with E-state index in [2.05, 4.69) is 15.9 Å². The van der Waals surface area contributed by atoms with E-state index in [9.17, 15) is 4.39 Å². The molecule has 0 aliphatic carbocycles. The second kappa shape index (κ2) is 4.94. The van der Waals surface area contributed by atoms with Gasteiger partial charge in [-0.1, -0.05) is 34.1 Å². The lowest BCUT2D eigenvalue weighted by atomic mass is 9.97. The number of benzene rings is 2. The van der Waals surface area contributed by atoms with Gasteiger partial charge in [-0.05, 0) is 29.3 Å². The largest absolute Gasteiger partial charge is 0.493 e. The minimum absolute atomic E-state index is 0.293. The summed E-state index contributed by atoms with van der Waals surface area (Å²) in [4.78, 5) is 0. The highest BCUT2D eigenvalue weighted by Crippen LogP contribution is 2.33. The molecule has 0 radical (unpaired) electrons. The van der Waals surface area contributed by atoms with Crippen molar-refractivity contribution >= 4 is 15.9 Å². The average molecular weight is 322 g/mol. The fraction of sp³-hybridized carbons (Fsp3) is 0.200. The number of hydrogen-bond donors (Lipinski definition) is 1. The van der Waals surface area contributed by atoms with Gasteiger partial charge < -0.3 is 10.5 Å². The Balaban J connectivity index is 2.02. The fourth-order valence-corrected chi connectivity index (χ4v) is 2.96. The minimum Gasteiger partial charge on any atom is -0.493 e. The molecule has 0 fully saturated rings. The van der Waals surface area contributed by atoms with Gasteiger partial charge in [0.25, 0.3) is 0 Å². The molecule has 1 atom stereocenters. The highest BCUT2D eigenvalue weighted by molar-refractivity contribution is 9.10. The van der Waals surface area contributed by atoms with Gasteiger partial charge in [0.2, 0.25) is 0 Å². The van der Waals surface area contributed by atoms with Crippen LogP contribution in [0, 0.1) is 5.82 Å². The van der Waals surface area contributed by atoms with Crippen molar-refractivity contribution < 1.29 is 9.13 Å². The molecule has 0 spiro atoms. The van der Waals surface area contributed by atoms with Crippen molar-refractivity contribution in [3.05, 3.63) is 63.4 Å². The van der Waals surface area contributed by atoms with Crippen LogP contribution in [0.25, 0.3) is 0 Å². The highest BCUT2D eigenvalue weighted by atomic mass is 79.9. The fourth-order valence-electron chi connectivity index (χ4n) is 2.37. The van der Waals surface area contributed by atoms with Crippen LogP contribution in [0.3, 0.4) is 0 Å². The maximum atomic E-state index is 13.9. The quantitative estimate of drug-likeness (QED) is 0.917. The topological polar surface area (TPSA) is 35.2 Å². The number of ether oxygens (including phenoxy) is 1. The van der Waals surface area contributed by atoms with Gasteiger partial charge in [0.1, 0.15) is 11.6 Å². The average Bonchev–Trinajstić information content (AvgIpc) is 2.85. The van der Waals surface area contributed by atoms with Gasteiger partial charge in [0.05, 0.1) is 12.6 Å². The number of hydrogen-bond acceptors (Lipinski definition) is 2. The van der Waals surface area contributed by atoms with Crippen LogP contribution in [-0.2, 0) is 6.42 Å². The summed E-state index contributed by atoms with van der Waals surface area (Å²) in [5.41, 5.74) is 8.73. The van der Waals surface area contributed by atoms with Crippen LogP contribution in [0.5, 0.6) is 5.75 Å². The maximum absolute atomic E-state index is 13.9. The van der Waals surface area contributed by atoms with E-state index in [0.29, 0.717) is 16.6 Å². The van der Waals surface area contributed by atoms with Crippen LogP contribution in [-0.4, -0.2) is 6.61 Å². The van der Waals surface area contributed by atoms with Gasteiger partial charge >= 0.3 is 0 Å². The van der Waals surface area contributed by atoms with E-state index in [-0.39, 0.29) is 5.82 Å². The zero-order valence-corrected chi connectivity index (χ0v) is 11.8. The Morgan fingerprint density at radius 3 is 2.89 bits per heavy atom. The van der Waals surface area contributed by atoms with Crippen LogP contribution in [0.15, 0.2) is 40.9 Å². The molecule has 0 aromatic heterocycles. The maximum Gasteiger partial charge on any atom is 0.129 e. The van der Waals surface area contributed by atoms with Crippen molar-refractivity contribution in [1.29, 1.82) is 0 Å². The Morgan fingerprint density at radius 1 is 1.26 bits per heavy atom. The summed E-state index contributed by atoms with van der Waals surface area (Å²) in [5.74, 6) is 0.613. The molecule has 0 saturated heterocycles. The molecule has 1 unspecified atom stereocenters. The van der Waals surface area contributed by atoms with Crippen molar-refractivity contribution in [2.24, 2.45) is 5.73 Å². The second-order valence-electron chi connectivity index (χ2n) is 4.58. The van der Waals surface area contributed by atoms with Crippen LogP contribution < -0.4 is 10.5 Å². The third-order valence-electron chi connectivity index (χ3n) is 3.38. The van der Waals surface area contributed by atoms with E-state index in [1.165, 1.54) is 6.07 Å². The predicted octanol–water partition coefficient (Wildman–Crippen LogP) is 3.57. The first-order valence-corrected chi connectivity index (χ1v) is 6.91. The molecule has 1 heterocycles. The summed E-state index contributed by atoms with van der Waals surface area (Å²) in [6.07, 6.45) is 0.883. The normalized spacial score (nSPS) is 14.9. The zero-order valence-electron chi connectivity index (χ0n) is 10.2. The van der Waals surface area contributed by atoms with Crippen molar-refractivity contribution in [3.63, 3.8) is 0 Å². The number of nitrogens with two attached hydrogens (primary N) is 1. The molecule has 2 N–H and O–H groups in total. The van der Waals surface area contributed by atoms with E-state index in [4.69, 9.17) is 10.5 Å². The Kier molecular flexibility index (Phi) is 3.29. The standard InChI is InChI=1S/C15H13BrFNO/c16-11-2-1-3-12(17)14(11)15(18)10-4-5-13-9(8-10)6-7-19-13/h1-5,8,15H,6-7,18H2. The van der Waals surface area contributed by atoms with Gasteiger partial charge in [-0.25, -0.2) is 4.39 Å². The molecule has 1 aliphatic heterocycles.